The number of rotatable bonds is 7. The Hall–Kier alpha value is -1.68. The van der Waals surface area contributed by atoms with Gasteiger partial charge in [0.25, 0.3) is 0 Å². The summed E-state index contributed by atoms with van der Waals surface area (Å²) in [6.45, 7) is 5.16. The summed E-state index contributed by atoms with van der Waals surface area (Å²) in [6, 6.07) is 8.36. The van der Waals surface area contributed by atoms with Crippen molar-refractivity contribution in [2.24, 2.45) is 5.73 Å². The van der Waals surface area contributed by atoms with Gasteiger partial charge < -0.3 is 5.73 Å². The van der Waals surface area contributed by atoms with Gasteiger partial charge in [-0.3, -0.25) is 9.67 Å². The Morgan fingerprint density at radius 3 is 2.75 bits per heavy atom. The summed E-state index contributed by atoms with van der Waals surface area (Å²) in [6.07, 6.45) is 5.58. The fourth-order valence-electron chi connectivity index (χ4n) is 2.38. The molecule has 0 bridgehead atoms. The lowest BCUT2D eigenvalue weighted by Crippen LogP contribution is -2.25. The predicted octanol–water partition coefficient (Wildman–Crippen LogP) is 2.36. The average Bonchev–Trinajstić information content (AvgIpc) is 2.88. The van der Waals surface area contributed by atoms with Crippen LogP contribution in [0.25, 0.3) is 0 Å². The van der Waals surface area contributed by atoms with Crippen molar-refractivity contribution >= 4 is 0 Å². The second-order valence-electron chi connectivity index (χ2n) is 5.12. The van der Waals surface area contributed by atoms with Gasteiger partial charge >= 0.3 is 0 Å². The van der Waals surface area contributed by atoms with E-state index < -0.39 is 0 Å². The van der Waals surface area contributed by atoms with E-state index in [1.807, 2.05) is 18.3 Å². The molecule has 0 saturated heterocycles. The Morgan fingerprint density at radius 1 is 1.25 bits per heavy atom. The molecule has 4 heteroatoms. The number of hydrogen-bond acceptors (Lipinski definition) is 3. The molecule has 4 nitrogen and oxygen atoms in total. The van der Waals surface area contributed by atoms with Gasteiger partial charge in [0, 0.05) is 36.6 Å². The fraction of sp³-hybridized carbons (Fsp3) is 0.500. The van der Waals surface area contributed by atoms with Crippen molar-refractivity contribution in [3.05, 3.63) is 47.5 Å². The van der Waals surface area contributed by atoms with Crippen LogP contribution in [-0.4, -0.2) is 20.8 Å². The SMILES string of the molecule is CCc1cc(CC(N)CCc2ccccn2)n(CC)n1. The van der Waals surface area contributed by atoms with E-state index in [9.17, 15) is 0 Å². The van der Waals surface area contributed by atoms with Crippen LogP contribution in [0.1, 0.15) is 37.4 Å². The summed E-state index contributed by atoms with van der Waals surface area (Å²) < 4.78 is 2.07. The molecule has 1 atom stereocenters. The zero-order chi connectivity index (χ0) is 14.4. The Labute approximate surface area is 121 Å². The Bertz CT molecular complexity index is 519. The molecule has 0 amide bonds. The zero-order valence-electron chi connectivity index (χ0n) is 12.4. The molecule has 2 aromatic rings. The van der Waals surface area contributed by atoms with E-state index in [4.69, 9.17) is 5.73 Å². The van der Waals surface area contributed by atoms with Crippen LogP contribution in [0.5, 0.6) is 0 Å². The molecule has 0 radical (unpaired) electrons. The molecule has 0 aliphatic rings. The van der Waals surface area contributed by atoms with E-state index in [2.05, 4.69) is 40.7 Å². The van der Waals surface area contributed by atoms with Crippen LogP contribution in [0.3, 0.4) is 0 Å². The molecule has 2 heterocycles. The maximum atomic E-state index is 6.26. The van der Waals surface area contributed by atoms with E-state index in [0.29, 0.717) is 0 Å². The fourth-order valence-corrected chi connectivity index (χ4v) is 2.38. The molecule has 0 aliphatic heterocycles. The largest absolute Gasteiger partial charge is 0.327 e. The van der Waals surface area contributed by atoms with Crippen LogP contribution < -0.4 is 5.73 Å². The zero-order valence-corrected chi connectivity index (χ0v) is 12.4. The lowest BCUT2D eigenvalue weighted by Gasteiger charge is -2.12. The minimum atomic E-state index is 0.156. The summed E-state index contributed by atoms with van der Waals surface area (Å²) in [7, 11) is 0. The first-order valence-electron chi connectivity index (χ1n) is 7.44. The highest BCUT2D eigenvalue weighted by Gasteiger charge is 2.11. The number of pyridine rings is 1. The van der Waals surface area contributed by atoms with Crippen LogP contribution in [0.4, 0.5) is 0 Å². The normalized spacial score (nSPS) is 12.6. The maximum Gasteiger partial charge on any atom is 0.0624 e. The minimum Gasteiger partial charge on any atom is -0.327 e. The van der Waals surface area contributed by atoms with E-state index in [1.54, 1.807) is 0 Å². The first kappa shape index (κ1) is 14.7. The molecule has 20 heavy (non-hydrogen) atoms. The van der Waals surface area contributed by atoms with Gasteiger partial charge in [0.1, 0.15) is 0 Å². The van der Waals surface area contributed by atoms with Crippen LogP contribution in [0, 0.1) is 0 Å². The first-order valence-corrected chi connectivity index (χ1v) is 7.44. The smallest absolute Gasteiger partial charge is 0.0624 e. The van der Waals surface area contributed by atoms with Crippen molar-refractivity contribution in [3.63, 3.8) is 0 Å². The molecule has 2 N–H and O–H groups in total. The summed E-state index contributed by atoms with van der Waals surface area (Å²) in [5.74, 6) is 0. The van der Waals surface area contributed by atoms with Gasteiger partial charge in [0.05, 0.1) is 5.69 Å². The summed E-state index contributed by atoms with van der Waals surface area (Å²) in [5, 5.41) is 4.57. The molecular weight excluding hydrogens is 248 g/mol. The highest BCUT2D eigenvalue weighted by atomic mass is 15.3. The average molecular weight is 272 g/mol. The second-order valence-corrected chi connectivity index (χ2v) is 5.12. The quantitative estimate of drug-likeness (QED) is 0.842. The standard InChI is InChI=1S/C16H24N4/c1-3-14-12-16(20(4-2)19-14)11-13(17)8-9-15-7-5-6-10-18-15/h5-7,10,12-13H,3-4,8-9,11,17H2,1-2H3. The van der Waals surface area contributed by atoms with Crippen molar-refractivity contribution in [3.8, 4) is 0 Å². The Balaban J connectivity index is 1.91. The van der Waals surface area contributed by atoms with Gasteiger partial charge in [-0.2, -0.15) is 5.10 Å². The third-order valence-corrected chi connectivity index (χ3v) is 3.54. The monoisotopic (exact) mass is 272 g/mol. The van der Waals surface area contributed by atoms with Crippen LogP contribution in [0.15, 0.2) is 30.5 Å². The Morgan fingerprint density at radius 2 is 2.10 bits per heavy atom. The number of nitrogens with zero attached hydrogens (tertiary/aromatic N) is 3. The second kappa shape index (κ2) is 7.20. The Kier molecular flexibility index (Phi) is 5.30. The predicted molar refractivity (Wildman–Crippen MR) is 81.5 cm³/mol. The third-order valence-electron chi connectivity index (χ3n) is 3.54. The van der Waals surface area contributed by atoms with Gasteiger partial charge in [-0.15, -0.1) is 0 Å². The van der Waals surface area contributed by atoms with E-state index in [-0.39, 0.29) is 6.04 Å². The van der Waals surface area contributed by atoms with E-state index in [0.717, 1.165) is 43.6 Å². The van der Waals surface area contributed by atoms with E-state index >= 15 is 0 Å². The molecule has 0 aliphatic carbocycles. The molecular formula is C16H24N4. The molecule has 2 aromatic heterocycles. The molecule has 1 unspecified atom stereocenters. The molecule has 0 spiro atoms. The molecule has 2 rings (SSSR count). The lowest BCUT2D eigenvalue weighted by atomic mass is 10.0. The molecule has 0 saturated carbocycles. The molecule has 0 fully saturated rings. The van der Waals surface area contributed by atoms with Gasteiger partial charge in [-0.05, 0) is 44.4 Å². The van der Waals surface area contributed by atoms with Crippen molar-refractivity contribution in [1.82, 2.24) is 14.8 Å². The van der Waals surface area contributed by atoms with Crippen molar-refractivity contribution < 1.29 is 0 Å². The summed E-state index contributed by atoms with van der Waals surface area (Å²) in [4.78, 5) is 4.34. The van der Waals surface area contributed by atoms with Crippen LogP contribution in [-0.2, 0) is 25.8 Å². The summed E-state index contributed by atoms with van der Waals surface area (Å²) >= 11 is 0. The van der Waals surface area contributed by atoms with Crippen LogP contribution >= 0.6 is 0 Å². The number of aromatic nitrogens is 3. The van der Waals surface area contributed by atoms with Crippen molar-refractivity contribution in [2.45, 2.75) is 52.1 Å². The van der Waals surface area contributed by atoms with E-state index in [1.165, 1.54) is 5.69 Å². The molecule has 108 valence electrons. The van der Waals surface area contributed by atoms with Gasteiger partial charge in [0.2, 0.25) is 0 Å². The first-order chi connectivity index (χ1) is 9.72. The highest BCUT2D eigenvalue weighted by molar-refractivity contribution is 5.12. The third kappa shape index (κ3) is 3.90. The number of hydrogen-bond donors (Lipinski definition) is 1. The highest BCUT2D eigenvalue weighted by Crippen LogP contribution is 2.10. The maximum absolute atomic E-state index is 6.26. The van der Waals surface area contributed by atoms with Gasteiger partial charge in [-0.25, -0.2) is 0 Å². The molecule has 0 aromatic carbocycles. The van der Waals surface area contributed by atoms with Crippen molar-refractivity contribution in [1.29, 1.82) is 0 Å². The summed E-state index contributed by atoms with van der Waals surface area (Å²) in [5.41, 5.74) is 9.77. The number of nitrogens with two attached hydrogens (primary N) is 1. The van der Waals surface area contributed by atoms with Crippen molar-refractivity contribution in [2.75, 3.05) is 0 Å². The lowest BCUT2D eigenvalue weighted by molar-refractivity contribution is 0.551. The van der Waals surface area contributed by atoms with Gasteiger partial charge in [0.15, 0.2) is 0 Å². The van der Waals surface area contributed by atoms with Crippen LogP contribution in [0.2, 0.25) is 0 Å². The van der Waals surface area contributed by atoms with Gasteiger partial charge in [-0.1, -0.05) is 13.0 Å². The minimum absolute atomic E-state index is 0.156. The number of aryl methyl sites for hydroxylation is 3. The topological polar surface area (TPSA) is 56.7 Å².